The Balaban J connectivity index is 1.73. The van der Waals surface area contributed by atoms with Crippen molar-refractivity contribution in [3.8, 4) is 23.0 Å². The Bertz CT molecular complexity index is 790. The SMILES string of the molecule is CCOc1cc2c(cc1OCC)[C@H](c1ccc3c(c1)OCCO3)[NH2+]CC2. The second-order valence-electron chi connectivity index (χ2n) is 6.52. The summed E-state index contributed by atoms with van der Waals surface area (Å²) in [6, 6.07) is 10.8. The highest BCUT2D eigenvalue weighted by Gasteiger charge is 2.28. The first-order valence-electron chi connectivity index (χ1n) is 9.45. The first-order valence-corrected chi connectivity index (χ1v) is 9.45. The molecule has 2 N–H and O–H groups in total. The zero-order chi connectivity index (χ0) is 17.9. The first kappa shape index (κ1) is 17.0. The summed E-state index contributed by atoms with van der Waals surface area (Å²) in [4.78, 5) is 0. The molecule has 0 fully saturated rings. The number of hydrogen-bond acceptors (Lipinski definition) is 4. The second-order valence-corrected chi connectivity index (χ2v) is 6.52. The van der Waals surface area contributed by atoms with Gasteiger partial charge in [-0.25, -0.2) is 0 Å². The van der Waals surface area contributed by atoms with Gasteiger partial charge in [-0.3, -0.25) is 0 Å². The number of rotatable bonds is 5. The molecular weight excluding hydrogens is 330 g/mol. The van der Waals surface area contributed by atoms with Crippen molar-refractivity contribution < 1.29 is 24.3 Å². The van der Waals surface area contributed by atoms with Crippen LogP contribution in [0.5, 0.6) is 23.0 Å². The van der Waals surface area contributed by atoms with Crippen LogP contribution in [0.1, 0.15) is 36.6 Å². The summed E-state index contributed by atoms with van der Waals surface area (Å²) in [7, 11) is 0. The van der Waals surface area contributed by atoms with Gasteiger partial charge in [-0.2, -0.15) is 0 Å². The van der Waals surface area contributed by atoms with Crippen LogP contribution in [0, 0.1) is 0 Å². The van der Waals surface area contributed by atoms with E-state index in [1.165, 1.54) is 16.7 Å². The largest absolute Gasteiger partial charge is 0.490 e. The number of nitrogens with two attached hydrogens (primary N) is 1. The van der Waals surface area contributed by atoms with E-state index < -0.39 is 0 Å². The van der Waals surface area contributed by atoms with Crippen LogP contribution in [0.4, 0.5) is 0 Å². The molecule has 5 heteroatoms. The van der Waals surface area contributed by atoms with Crippen molar-refractivity contribution in [2.75, 3.05) is 33.0 Å². The van der Waals surface area contributed by atoms with E-state index in [0.717, 1.165) is 36.0 Å². The van der Waals surface area contributed by atoms with Crippen LogP contribution >= 0.6 is 0 Å². The molecule has 2 aliphatic rings. The Labute approximate surface area is 154 Å². The van der Waals surface area contributed by atoms with Crippen LogP contribution < -0.4 is 24.3 Å². The fourth-order valence-electron chi connectivity index (χ4n) is 3.76. The third-order valence-electron chi connectivity index (χ3n) is 4.88. The van der Waals surface area contributed by atoms with Crippen LogP contribution in [0.3, 0.4) is 0 Å². The number of hydrogen-bond donors (Lipinski definition) is 1. The Morgan fingerprint density at radius 1 is 0.962 bits per heavy atom. The fraction of sp³-hybridized carbons (Fsp3) is 0.429. The smallest absolute Gasteiger partial charge is 0.161 e. The molecule has 2 aromatic carbocycles. The molecule has 2 heterocycles. The first-order chi connectivity index (χ1) is 12.8. The monoisotopic (exact) mass is 356 g/mol. The zero-order valence-electron chi connectivity index (χ0n) is 15.4. The quantitative estimate of drug-likeness (QED) is 0.894. The van der Waals surface area contributed by atoms with Crippen molar-refractivity contribution in [2.45, 2.75) is 26.3 Å². The summed E-state index contributed by atoms with van der Waals surface area (Å²) < 4.78 is 23.1. The van der Waals surface area contributed by atoms with Crippen molar-refractivity contribution in [2.24, 2.45) is 0 Å². The normalized spacial score (nSPS) is 18.2. The summed E-state index contributed by atoms with van der Waals surface area (Å²) in [5.41, 5.74) is 3.85. The molecule has 0 bridgehead atoms. The minimum Gasteiger partial charge on any atom is -0.490 e. The third-order valence-corrected chi connectivity index (χ3v) is 4.88. The average Bonchev–Trinajstić information content (AvgIpc) is 2.68. The Morgan fingerprint density at radius 3 is 2.46 bits per heavy atom. The maximum Gasteiger partial charge on any atom is 0.161 e. The van der Waals surface area contributed by atoms with Crippen molar-refractivity contribution in [1.82, 2.24) is 0 Å². The van der Waals surface area contributed by atoms with E-state index in [-0.39, 0.29) is 6.04 Å². The average molecular weight is 356 g/mol. The molecule has 0 amide bonds. The van der Waals surface area contributed by atoms with E-state index in [0.29, 0.717) is 26.4 Å². The number of ether oxygens (including phenoxy) is 4. The molecule has 2 aliphatic heterocycles. The van der Waals surface area contributed by atoms with E-state index in [1.807, 2.05) is 19.9 Å². The van der Waals surface area contributed by atoms with Crippen molar-refractivity contribution >= 4 is 0 Å². The molecule has 26 heavy (non-hydrogen) atoms. The number of quaternary nitrogens is 1. The Morgan fingerprint density at radius 2 is 1.69 bits per heavy atom. The van der Waals surface area contributed by atoms with Gasteiger partial charge in [0.05, 0.1) is 19.8 Å². The molecule has 0 aromatic heterocycles. The number of fused-ring (bicyclic) bond motifs is 2. The van der Waals surface area contributed by atoms with E-state index in [2.05, 4.69) is 29.6 Å². The molecule has 2 aromatic rings. The molecule has 0 spiro atoms. The van der Waals surface area contributed by atoms with E-state index in [9.17, 15) is 0 Å². The van der Waals surface area contributed by atoms with Crippen molar-refractivity contribution in [3.63, 3.8) is 0 Å². The minimum atomic E-state index is 0.226. The zero-order valence-corrected chi connectivity index (χ0v) is 15.4. The topological polar surface area (TPSA) is 53.5 Å². The van der Waals surface area contributed by atoms with Gasteiger partial charge in [0.2, 0.25) is 0 Å². The lowest BCUT2D eigenvalue weighted by Gasteiger charge is -2.27. The molecule has 0 saturated heterocycles. The van der Waals surface area contributed by atoms with E-state index in [4.69, 9.17) is 18.9 Å². The van der Waals surface area contributed by atoms with Gasteiger partial charge in [0.1, 0.15) is 19.3 Å². The van der Waals surface area contributed by atoms with Gasteiger partial charge in [0, 0.05) is 17.5 Å². The highest BCUT2D eigenvalue weighted by molar-refractivity contribution is 5.52. The van der Waals surface area contributed by atoms with Crippen LogP contribution in [0.15, 0.2) is 30.3 Å². The van der Waals surface area contributed by atoms with Gasteiger partial charge >= 0.3 is 0 Å². The second kappa shape index (κ2) is 7.46. The minimum absolute atomic E-state index is 0.226. The van der Waals surface area contributed by atoms with Gasteiger partial charge in [0.25, 0.3) is 0 Å². The molecule has 0 radical (unpaired) electrons. The van der Waals surface area contributed by atoms with E-state index in [1.54, 1.807) is 0 Å². The summed E-state index contributed by atoms with van der Waals surface area (Å²) >= 11 is 0. The van der Waals surface area contributed by atoms with Gasteiger partial charge in [-0.1, -0.05) is 0 Å². The maximum absolute atomic E-state index is 5.85. The third kappa shape index (κ3) is 3.19. The lowest BCUT2D eigenvalue weighted by Crippen LogP contribution is -2.87. The molecule has 0 aliphatic carbocycles. The Hall–Kier alpha value is -2.40. The predicted molar refractivity (Wildman–Crippen MR) is 98.6 cm³/mol. The molecular formula is C21H26NO4+. The van der Waals surface area contributed by atoms with Crippen LogP contribution in [0.2, 0.25) is 0 Å². The lowest BCUT2D eigenvalue weighted by atomic mass is 9.89. The lowest BCUT2D eigenvalue weighted by molar-refractivity contribution is -0.690. The summed E-state index contributed by atoms with van der Waals surface area (Å²) in [6.45, 7) is 7.52. The van der Waals surface area contributed by atoms with Gasteiger partial charge < -0.3 is 24.3 Å². The molecule has 5 nitrogen and oxygen atoms in total. The maximum atomic E-state index is 5.85. The van der Waals surface area contributed by atoms with Crippen molar-refractivity contribution in [3.05, 3.63) is 47.0 Å². The van der Waals surface area contributed by atoms with E-state index >= 15 is 0 Å². The van der Waals surface area contributed by atoms with Gasteiger partial charge in [-0.15, -0.1) is 0 Å². The standard InChI is InChI=1S/C21H25NO4/c1-3-23-19-11-14-7-8-22-21(16(14)13-20(19)24-4-2)15-5-6-17-18(12-15)26-10-9-25-17/h5-6,11-13,21-22H,3-4,7-10H2,1-2H3/p+1/t21-/m0/s1. The molecule has 4 rings (SSSR count). The van der Waals surface area contributed by atoms with Crippen LogP contribution in [-0.4, -0.2) is 33.0 Å². The van der Waals surface area contributed by atoms with Gasteiger partial charge in [-0.05, 0) is 49.7 Å². The molecule has 138 valence electrons. The predicted octanol–water partition coefficient (Wildman–Crippen LogP) is 2.46. The molecule has 1 atom stereocenters. The molecule has 0 unspecified atom stereocenters. The molecule has 0 saturated carbocycles. The highest BCUT2D eigenvalue weighted by atomic mass is 16.6. The van der Waals surface area contributed by atoms with Crippen LogP contribution in [0.25, 0.3) is 0 Å². The Kier molecular flexibility index (Phi) is 4.89. The number of benzene rings is 2. The van der Waals surface area contributed by atoms with Crippen molar-refractivity contribution in [1.29, 1.82) is 0 Å². The summed E-state index contributed by atoms with van der Waals surface area (Å²) in [5, 5.41) is 2.38. The summed E-state index contributed by atoms with van der Waals surface area (Å²) in [5.74, 6) is 3.34. The van der Waals surface area contributed by atoms with Gasteiger partial charge in [0.15, 0.2) is 23.0 Å². The summed E-state index contributed by atoms with van der Waals surface area (Å²) in [6.07, 6.45) is 1.03. The van der Waals surface area contributed by atoms with Crippen LogP contribution in [-0.2, 0) is 6.42 Å². The fourth-order valence-corrected chi connectivity index (χ4v) is 3.76. The highest BCUT2D eigenvalue weighted by Crippen LogP contribution is 2.38.